The number of esters is 4. The number of carbonyl (C=O) groups excluding carboxylic acids is 4. The molecule has 0 aromatic rings. The summed E-state index contributed by atoms with van der Waals surface area (Å²) in [5, 5.41) is 10.7. The van der Waals surface area contributed by atoms with Crippen LogP contribution in [0, 0.1) is 5.92 Å². The zero-order chi connectivity index (χ0) is 80.4. The van der Waals surface area contributed by atoms with Gasteiger partial charge in [0, 0.05) is 25.7 Å². The molecule has 0 rings (SSSR count). The fourth-order valence-corrected chi connectivity index (χ4v) is 15.9. The van der Waals surface area contributed by atoms with Crippen molar-refractivity contribution in [3.05, 3.63) is 0 Å². The van der Waals surface area contributed by atoms with Crippen LogP contribution < -0.4 is 0 Å². The number of unbranched alkanes of at least 4 members (excludes halogenated alkanes) is 63. The van der Waals surface area contributed by atoms with E-state index in [9.17, 15) is 43.2 Å². The largest absolute Gasteiger partial charge is 0.472 e. The van der Waals surface area contributed by atoms with E-state index in [0.717, 1.165) is 95.8 Å². The van der Waals surface area contributed by atoms with Crippen LogP contribution in [0.2, 0.25) is 0 Å². The molecule has 654 valence electrons. The Hall–Kier alpha value is -1.94. The Bertz CT molecular complexity index is 2080. The highest BCUT2D eigenvalue weighted by Crippen LogP contribution is 2.45. The molecular formula is C91H178O17P2. The maximum absolute atomic E-state index is 13.2. The standard InChI is InChI=1S/C91H178O17P2/c1-6-9-12-15-18-21-24-27-29-31-33-35-37-39-41-44-50-55-60-65-70-75-89(94)102-81-86(107-90(95)76-71-66-61-56-51-45-42-40-38-36-34-32-30-28-25-22-19-16-13-10-7-2)82-105-109(97,98)103-78-85(92)79-104-110(99,100)106-83-87(80-101-88(93)74-69-64-59-54-49-43-26-23-20-17-14-11-8-3)108-91(96)77-72-67-62-57-52-47-46-48-53-58-63-68-73-84(4)5/h84-87,92H,6-83H2,1-5H3,(H,97,98)(H,99,100)/t85-,86-,87-/m1/s1. The van der Waals surface area contributed by atoms with Crippen molar-refractivity contribution in [2.75, 3.05) is 39.6 Å². The van der Waals surface area contributed by atoms with Crippen LogP contribution in [0.3, 0.4) is 0 Å². The van der Waals surface area contributed by atoms with E-state index in [1.165, 1.54) is 321 Å². The molecule has 110 heavy (non-hydrogen) atoms. The van der Waals surface area contributed by atoms with Gasteiger partial charge in [0.05, 0.1) is 26.4 Å². The van der Waals surface area contributed by atoms with Gasteiger partial charge in [0.1, 0.15) is 19.3 Å². The van der Waals surface area contributed by atoms with Crippen molar-refractivity contribution in [3.8, 4) is 0 Å². The Kier molecular flexibility index (Phi) is 82.1. The van der Waals surface area contributed by atoms with E-state index in [-0.39, 0.29) is 25.7 Å². The van der Waals surface area contributed by atoms with E-state index >= 15 is 0 Å². The Balaban J connectivity index is 5.24. The topological polar surface area (TPSA) is 237 Å². The van der Waals surface area contributed by atoms with Crippen LogP contribution in [0.1, 0.15) is 497 Å². The quantitative estimate of drug-likeness (QED) is 0.0222. The lowest BCUT2D eigenvalue weighted by Crippen LogP contribution is -2.30. The van der Waals surface area contributed by atoms with Crippen molar-refractivity contribution in [2.45, 2.75) is 515 Å². The van der Waals surface area contributed by atoms with Gasteiger partial charge in [-0.15, -0.1) is 0 Å². The summed E-state index contributed by atoms with van der Waals surface area (Å²) in [6.45, 7) is 7.40. The number of ether oxygens (including phenoxy) is 4. The van der Waals surface area contributed by atoms with Crippen LogP contribution in [0.15, 0.2) is 0 Å². The summed E-state index contributed by atoms with van der Waals surface area (Å²) in [5.74, 6) is -1.32. The summed E-state index contributed by atoms with van der Waals surface area (Å²) in [5.41, 5.74) is 0. The lowest BCUT2D eigenvalue weighted by atomic mass is 10.0. The van der Waals surface area contributed by atoms with E-state index in [2.05, 4.69) is 34.6 Å². The number of phosphoric ester groups is 2. The molecular weight excluding hydrogens is 1430 g/mol. The highest BCUT2D eigenvalue weighted by molar-refractivity contribution is 7.47. The van der Waals surface area contributed by atoms with Crippen molar-refractivity contribution in [1.29, 1.82) is 0 Å². The Labute approximate surface area is 677 Å². The van der Waals surface area contributed by atoms with Crippen molar-refractivity contribution in [1.82, 2.24) is 0 Å². The SMILES string of the molecule is CCCCCCCCCCCCCCCCCCCCCCCC(=O)OC[C@H](COP(=O)(O)OC[C@@H](O)COP(=O)(O)OC[C@@H](COC(=O)CCCCCCCCCCCCCCC)OC(=O)CCCCCCCCCCCCCCC(C)C)OC(=O)CCCCCCCCCCCCCCCCCCCCCCC. The third kappa shape index (κ3) is 84.0. The molecule has 17 nitrogen and oxygen atoms in total. The van der Waals surface area contributed by atoms with Gasteiger partial charge in [-0.25, -0.2) is 9.13 Å². The van der Waals surface area contributed by atoms with Crippen LogP contribution in [-0.4, -0.2) is 96.7 Å². The lowest BCUT2D eigenvalue weighted by molar-refractivity contribution is -0.161. The van der Waals surface area contributed by atoms with Gasteiger partial charge in [-0.3, -0.25) is 37.3 Å². The third-order valence-corrected chi connectivity index (χ3v) is 23.4. The number of aliphatic hydroxyl groups excluding tert-OH is 1. The fourth-order valence-electron chi connectivity index (χ4n) is 14.4. The molecule has 0 amide bonds. The molecule has 0 radical (unpaired) electrons. The molecule has 0 aliphatic rings. The van der Waals surface area contributed by atoms with Gasteiger partial charge >= 0.3 is 39.5 Å². The van der Waals surface area contributed by atoms with Gasteiger partial charge in [-0.1, -0.05) is 446 Å². The van der Waals surface area contributed by atoms with E-state index < -0.39 is 97.5 Å². The molecule has 0 spiro atoms. The molecule has 0 saturated heterocycles. The predicted octanol–water partition coefficient (Wildman–Crippen LogP) is 28.3. The van der Waals surface area contributed by atoms with E-state index in [0.29, 0.717) is 25.7 Å². The first-order valence-electron chi connectivity index (χ1n) is 47.1. The highest BCUT2D eigenvalue weighted by atomic mass is 31.2. The number of hydrogen-bond acceptors (Lipinski definition) is 15. The molecule has 0 aliphatic heterocycles. The normalized spacial score (nSPS) is 13.7. The van der Waals surface area contributed by atoms with E-state index in [4.69, 9.17) is 37.0 Å². The first kappa shape index (κ1) is 108. The molecule has 0 bridgehead atoms. The zero-order valence-corrected chi connectivity index (χ0v) is 74.2. The minimum atomic E-state index is -4.97. The van der Waals surface area contributed by atoms with Crippen molar-refractivity contribution in [3.63, 3.8) is 0 Å². The molecule has 5 atom stereocenters. The third-order valence-electron chi connectivity index (χ3n) is 21.5. The smallest absolute Gasteiger partial charge is 0.462 e. The van der Waals surface area contributed by atoms with E-state index in [1.807, 2.05) is 0 Å². The molecule has 0 aliphatic carbocycles. The molecule has 0 saturated carbocycles. The maximum Gasteiger partial charge on any atom is 0.472 e. The summed E-state index contributed by atoms with van der Waals surface area (Å²) < 4.78 is 69.1. The lowest BCUT2D eigenvalue weighted by Gasteiger charge is -2.21. The summed E-state index contributed by atoms with van der Waals surface area (Å²) in [6.07, 6.45) is 79.3. The van der Waals surface area contributed by atoms with Crippen LogP contribution in [0.25, 0.3) is 0 Å². The molecule has 2 unspecified atom stereocenters. The second-order valence-electron chi connectivity index (χ2n) is 33.2. The minimum Gasteiger partial charge on any atom is -0.462 e. The molecule has 0 aromatic carbocycles. The molecule has 0 fully saturated rings. The summed E-state index contributed by atoms with van der Waals surface area (Å²) >= 11 is 0. The molecule has 3 N–H and O–H groups in total. The van der Waals surface area contributed by atoms with Gasteiger partial charge in [0.15, 0.2) is 12.2 Å². The fraction of sp³-hybridized carbons (Fsp3) is 0.956. The minimum absolute atomic E-state index is 0.108. The van der Waals surface area contributed by atoms with Gasteiger partial charge < -0.3 is 33.8 Å². The number of phosphoric acid groups is 2. The highest BCUT2D eigenvalue weighted by Gasteiger charge is 2.31. The van der Waals surface area contributed by atoms with Crippen molar-refractivity contribution < 1.29 is 80.2 Å². The second-order valence-corrected chi connectivity index (χ2v) is 36.1. The second kappa shape index (κ2) is 83.5. The van der Waals surface area contributed by atoms with E-state index in [1.54, 1.807) is 0 Å². The van der Waals surface area contributed by atoms with Gasteiger partial charge in [-0.2, -0.15) is 0 Å². The van der Waals surface area contributed by atoms with Gasteiger partial charge in [0.2, 0.25) is 0 Å². The number of rotatable bonds is 91. The van der Waals surface area contributed by atoms with Gasteiger partial charge in [-0.05, 0) is 31.6 Å². The Morgan fingerprint density at radius 2 is 0.418 bits per heavy atom. The first-order chi connectivity index (χ1) is 53.5. The summed E-state index contributed by atoms with van der Waals surface area (Å²) in [6, 6.07) is 0. The maximum atomic E-state index is 13.2. The zero-order valence-electron chi connectivity index (χ0n) is 72.4. The molecule has 0 aromatic heterocycles. The molecule has 0 heterocycles. The van der Waals surface area contributed by atoms with Crippen molar-refractivity contribution >= 4 is 39.5 Å². The summed E-state index contributed by atoms with van der Waals surface area (Å²) in [4.78, 5) is 73.4. The predicted molar refractivity (Wildman–Crippen MR) is 455 cm³/mol. The van der Waals surface area contributed by atoms with Gasteiger partial charge in [0.25, 0.3) is 0 Å². The number of aliphatic hydroxyl groups is 1. The van der Waals surface area contributed by atoms with Crippen LogP contribution in [0.4, 0.5) is 0 Å². The van der Waals surface area contributed by atoms with Crippen molar-refractivity contribution in [2.24, 2.45) is 5.92 Å². The van der Waals surface area contributed by atoms with Crippen LogP contribution >= 0.6 is 15.6 Å². The Morgan fingerprint density at radius 1 is 0.245 bits per heavy atom. The average molecular weight is 1610 g/mol. The number of carbonyl (C=O) groups is 4. The van der Waals surface area contributed by atoms with Crippen LogP contribution in [0.5, 0.6) is 0 Å². The Morgan fingerprint density at radius 3 is 0.618 bits per heavy atom. The average Bonchev–Trinajstić information content (AvgIpc) is 0.903. The number of hydrogen-bond donors (Lipinski definition) is 3. The summed E-state index contributed by atoms with van der Waals surface area (Å²) in [7, 11) is -9.93. The van der Waals surface area contributed by atoms with Crippen LogP contribution in [-0.2, 0) is 65.4 Å². The monoisotopic (exact) mass is 1610 g/mol. The molecule has 19 heteroatoms. The first-order valence-corrected chi connectivity index (χ1v) is 50.1.